The largest absolute Gasteiger partial charge is 0.476 e. The lowest BCUT2D eigenvalue weighted by atomic mass is 10.3. The quantitative estimate of drug-likeness (QED) is 0.881. The Morgan fingerprint density at radius 3 is 3.00 bits per heavy atom. The Bertz CT molecular complexity index is 524. The molecule has 0 aliphatic rings. The summed E-state index contributed by atoms with van der Waals surface area (Å²) in [4.78, 5) is 15.9. The monoisotopic (exact) mass is 332 g/mol. The summed E-state index contributed by atoms with van der Waals surface area (Å²) in [6.07, 6.45) is 0.868. The number of aromatic nitrogens is 1. The van der Waals surface area contributed by atoms with Gasteiger partial charge in [0.15, 0.2) is 5.69 Å². The lowest BCUT2D eigenvalue weighted by molar-refractivity contribution is 0.0692. The Kier molecular flexibility index (Phi) is 4.14. The first-order valence-electron chi connectivity index (χ1n) is 4.81. The fourth-order valence-electron chi connectivity index (χ4n) is 1.31. The molecule has 7 heteroatoms. The molecule has 2 heterocycles. The SMILES string of the molecule is O=C(O)c1ncsc1NCCc1ccc(Br)s1. The zero-order valence-electron chi connectivity index (χ0n) is 8.64. The molecule has 90 valence electrons. The van der Waals surface area contributed by atoms with Crippen LogP contribution < -0.4 is 5.32 Å². The second kappa shape index (κ2) is 5.61. The van der Waals surface area contributed by atoms with Crippen LogP contribution in [0.2, 0.25) is 0 Å². The summed E-state index contributed by atoms with van der Waals surface area (Å²) in [7, 11) is 0. The fraction of sp³-hybridized carbons (Fsp3) is 0.200. The maximum absolute atomic E-state index is 10.8. The normalized spacial score (nSPS) is 10.4. The Labute approximate surface area is 114 Å². The van der Waals surface area contributed by atoms with Crippen molar-refractivity contribution in [2.75, 3.05) is 11.9 Å². The number of nitrogens with zero attached hydrogens (tertiary/aromatic N) is 1. The van der Waals surface area contributed by atoms with E-state index in [2.05, 4.69) is 32.3 Å². The Morgan fingerprint density at radius 2 is 2.35 bits per heavy atom. The topological polar surface area (TPSA) is 62.2 Å². The number of hydrogen-bond donors (Lipinski definition) is 2. The van der Waals surface area contributed by atoms with E-state index in [-0.39, 0.29) is 5.69 Å². The highest BCUT2D eigenvalue weighted by Gasteiger charge is 2.12. The molecule has 2 N–H and O–H groups in total. The number of carboxylic acids is 1. The summed E-state index contributed by atoms with van der Waals surface area (Å²) in [6, 6.07) is 4.07. The Hall–Kier alpha value is -0.920. The van der Waals surface area contributed by atoms with Crippen molar-refractivity contribution in [3.05, 3.63) is 32.0 Å². The zero-order chi connectivity index (χ0) is 12.3. The molecule has 2 rings (SSSR count). The lowest BCUT2D eigenvalue weighted by Gasteiger charge is -2.02. The van der Waals surface area contributed by atoms with Gasteiger partial charge in [-0.15, -0.1) is 22.7 Å². The van der Waals surface area contributed by atoms with E-state index in [0.29, 0.717) is 11.5 Å². The molecule has 4 nitrogen and oxygen atoms in total. The predicted molar refractivity (Wildman–Crippen MR) is 73.3 cm³/mol. The van der Waals surface area contributed by atoms with E-state index in [1.54, 1.807) is 11.3 Å². The molecule has 0 bridgehead atoms. The van der Waals surface area contributed by atoms with Crippen LogP contribution in [-0.2, 0) is 6.42 Å². The minimum Gasteiger partial charge on any atom is -0.476 e. The van der Waals surface area contributed by atoms with Crippen molar-refractivity contribution in [2.45, 2.75) is 6.42 Å². The third-order valence-corrected chi connectivity index (χ3v) is 4.52. The van der Waals surface area contributed by atoms with Gasteiger partial charge in [0.05, 0.1) is 9.30 Å². The number of carboxylic acid groups (broad SMARTS) is 1. The van der Waals surface area contributed by atoms with Gasteiger partial charge < -0.3 is 10.4 Å². The number of anilines is 1. The maximum Gasteiger partial charge on any atom is 0.357 e. The molecule has 2 aromatic rings. The number of carbonyl (C=O) groups is 1. The number of thiophene rings is 1. The zero-order valence-corrected chi connectivity index (χ0v) is 11.9. The molecule has 0 aromatic carbocycles. The average molecular weight is 333 g/mol. The second-order valence-electron chi connectivity index (χ2n) is 3.22. The van der Waals surface area contributed by atoms with Crippen LogP contribution >= 0.6 is 38.6 Å². The highest BCUT2D eigenvalue weighted by molar-refractivity contribution is 9.11. The number of thiazole rings is 1. The maximum atomic E-state index is 10.8. The average Bonchev–Trinajstić information content (AvgIpc) is 2.87. The smallest absolute Gasteiger partial charge is 0.357 e. The molecule has 0 spiro atoms. The van der Waals surface area contributed by atoms with Crippen molar-refractivity contribution in [2.24, 2.45) is 0 Å². The molecule has 0 amide bonds. The molecule has 0 radical (unpaired) electrons. The van der Waals surface area contributed by atoms with Gasteiger partial charge in [0.25, 0.3) is 0 Å². The van der Waals surface area contributed by atoms with E-state index in [0.717, 1.165) is 10.2 Å². The third-order valence-electron chi connectivity index (χ3n) is 2.06. The molecular weight excluding hydrogens is 324 g/mol. The van der Waals surface area contributed by atoms with Gasteiger partial charge in [-0.3, -0.25) is 0 Å². The number of halogens is 1. The van der Waals surface area contributed by atoms with E-state index in [9.17, 15) is 4.79 Å². The number of nitrogens with one attached hydrogen (secondary N) is 1. The summed E-state index contributed by atoms with van der Waals surface area (Å²) in [6.45, 7) is 0.704. The van der Waals surface area contributed by atoms with Crippen LogP contribution in [0, 0.1) is 0 Å². The number of aromatic carboxylic acids is 1. The predicted octanol–water partition coefficient (Wildman–Crippen LogP) is 3.32. The molecule has 0 fully saturated rings. The van der Waals surface area contributed by atoms with Gasteiger partial charge in [0.1, 0.15) is 5.00 Å². The van der Waals surface area contributed by atoms with Crippen LogP contribution in [0.5, 0.6) is 0 Å². The molecule has 0 atom stereocenters. The van der Waals surface area contributed by atoms with Crippen LogP contribution in [0.4, 0.5) is 5.00 Å². The molecular formula is C10H9BrN2O2S2. The van der Waals surface area contributed by atoms with Gasteiger partial charge in [-0.2, -0.15) is 0 Å². The van der Waals surface area contributed by atoms with Crippen molar-refractivity contribution in [3.8, 4) is 0 Å². The minimum atomic E-state index is -0.993. The van der Waals surface area contributed by atoms with E-state index < -0.39 is 5.97 Å². The van der Waals surface area contributed by atoms with Crippen molar-refractivity contribution in [3.63, 3.8) is 0 Å². The van der Waals surface area contributed by atoms with Crippen molar-refractivity contribution in [1.82, 2.24) is 4.98 Å². The summed E-state index contributed by atoms with van der Waals surface area (Å²) in [5, 5.41) is 12.6. The van der Waals surface area contributed by atoms with Gasteiger partial charge in [-0.05, 0) is 34.5 Å². The van der Waals surface area contributed by atoms with Crippen LogP contribution in [0.3, 0.4) is 0 Å². The van der Waals surface area contributed by atoms with E-state index >= 15 is 0 Å². The molecule has 0 saturated heterocycles. The number of hydrogen-bond acceptors (Lipinski definition) is 5. The van der Waals surface area contributed by atoms with Crippen LogP contribution in [0.1, 0.15) is 15.4 Å². The first-order valence-corrected chi connectivity index (χ1v) is 7.30. The van der Waals surface area contributed by atoms with Gasteiger partial charge >= 0.3 is 5.97 Å². The molecule has 2 aromatic heterocycles. The lowest BCUT2D eigenvalue weighted by Crippen LogP contribution is -2.07. The minimum absolute atomic E-state index is 0.0994. The second-order valence-corrected chi connectivity index (χ2v) is 6.62. The molecule has 0 aliphatic heterocycles. The summed E-state index contributed by atoms with van der Waals surface area (Å²) < 4.78 is 1.11. The molecule has 0 unspecified atom stereocenters. The van der Waals surface area contributed by atoms with Crippen molar-refractivity contribution in [1.29, 1.82) is 0 Å². The van der Waals surface area contributed by atoms with E-state index in [1.807, 2.05) is 6.07 Å². The van der Waals surface area contributed by atoms with Crippen LogP contribution in [-0.4, -0.2) is 22.6 Å². The first-order chi connectivity index (χ1) is 8.16. The van der Waals surface area contributed by atoms with Gasteiger partial charge in [-0.25, -0.2) is 9.78 Å². The van der Waals surface area contributed by atoms with Crippen LogP contribution in [0.25, 0.3) is 0 Å². The summed E-state index contributed by atoms with van der Waals surface area (Å²) in [5.74, 6) is -0.993. The van der Waals surface area contributed by atoms with E-state index in [1.165, 1.54) is 21.7 Å². The number of rotatable bonds is 5. The fourth-order valence-corrected chi connectivity index (χ4v) is 3.49. The first kappa shape index (κ1) is 12.5. The molecule has 17 heavy (non-hydrogen) atoms. The highest BCUT2D eigenvalue weighted by Crippen LogP contribution is 2.23. The van der Waals surface area contributed by atoms with Crippen molar-refractivity contribution >= 4 is 49.6 Å². The Morgan fingerprint density at radius 1 is 1.53 bits per heavy atom. The van der Waals surface area contributed by atoms with E-state index in [4.69, 9.17) is 5.11 Å². The summed E-state index contributed by atoms with van der Waals surface area (Å²) >= 11 is 6.40. The highest BCUT2D eigenvalue weighted by atomic mass is 79.9. The molecule has 0 aliphatic carbocycles. The molecule has 0 saturated carbocycles. The van der Waals surface area contributed by atoms with Gasteiger partial charge in [-0.1, -0.05) is 0 Å². The standard InChI is InChI=1S/C10H9BrN2O2S2/c11-7-2-1-6(17-7)3-4-12-9-8(10(14)15)13-5-16-9/h1-2,5,12H,3-4H2,(H,14,15). The third kappa shape index (κ3) is 3.27. The van der Waals surface area contributed by atoms with Crippen molar-refractivity contribution < 1.29 is 9.90 Å². The summed E-state index contributed by atoms with van der Waals surface area (Å²) in [5.41, 5.74) is 1.63. The van der Waals surface area contributed by atoms with Gasteiger partial charge in [0, 0.05) is 11.4 Å². The van der Waals surface area contributed by atoms with Crippen LogP contribution in [0.15, 0.2) is 21.4 Å². The Balaban J connectivity index is 1.90. The van der Waals surface area contributed by atoms with Gasteiger partial charge in [0.2, 0.25) is 0 Å².